The Morgan fingerprint density at radius 2 is 1.83 bits per heavy atom. The third-order valence-corrected chi connectivity index (χ3v) is 11.7. The molecule has 0 spiro atoms. The Morgan fingerprint density at radius 1 is 1.06 bits per heavy atom. The van der Waals surface area contributed by atoms with E-state index in [0.717, 1.165) is 45.8 Å². The summed E-state index contributed by atoms with van der Waals surface area (Å²) in [5.41, 5.74) is 3.76. The molecular formula is C35H35FN8O3S. The molecule has 5 aromatic rings. The Labute approximate surface area is 280 Å². The van der Waals surface area contributed by atoms with E-state index in [1.807, 2.05) is 30.5 Å². The second kappa shape index (κ2) is 11.2. The van der Waals surface area contributed by atoms with E-state index in [1.165, 1.54) is 63.2 Å². The summed E-state index contributed by atoms with van der Waals surface area (Å²) < 4.78 is 29.8. The van der Waals surface area contributed by atoms with Gasteiger partial charge in [-0.05, 0) is 80.8 Å². The van der Waals surface area contributed by atoms with Gasteiger partial charge in [-0.15, -0.1) is 0 Å². The number of esters is 1. The second-order valence-corrected chi connectivity index (χ2v) is 14.9. The molecule has 48 heavy (non-hydrogen) atoms. The Hall–Kier alpha value is -4.65. The van der Waals surface area contributed by atoms with Crippen LogP contribution in [0.1, 0.15) is 54.6 Å². The highest BCUT2D eigenvalue weighted by atomic mass is 32.1. The first-order valence-electron chi connectivity index (χ1n) is 16.6. The Balaban J connectivity index is 1.02. The van der Waals surface area contributed by atoms with Gasteiger partial charge in [-0.3, -0.25) is 4.68 Å². The molecule has 10 rings (SSSR count). The normalized spacial score (nSPS) is 24.1. The van der Waals surface area contributed by atoms with Crippen LogP contribution in [0.5, 0.6) is 5.75 Å². The molecule has 1 aliphatic heterocycles. The zero-order chi connectivity index (χ0) is 32.6. The number of methoxy groups -OCH3 is 1. The third-order valence-electron chi connectivity index (χ3n) is 10.8. The number of ether oxygens (including phenoxy) is 2. The zero-order valence-corrected chi connectivity index (χ0v) is 27.6. The van der Waals surface area contributed by atoms with Gasteiger partial charge < -0.3 is 19.7 Å². The van der Waals surface area contributed by atoms with E-state index < -0.39 is 11.9 Å². The lowest BCUT2D eigenvalue weighted by Gasteiger charge is -2.56. The number of halogens is 1. The predicted molar refractivity (Wildman–Crippen MR) is 180 cm³/mol. The molecule has 11 nitrogen and oxygen atoms in total. The lowest BCUT2D eigenvalue weighted by Crippen LogP contribution is -2.48. The van der Waals surface area contributed by atoms with Crippen molar-refractivity contribution in [3.05, 3.63) is 60.1 Å². The van der Waals surface area contributed by atoms with Crippen molar-refractivity contribution in [1.29, 1.82) is 0 Å². The second-order valence-electron chi connectivity index (χ2n) is 13.9. The number of rotatable bonds is 7. The van der Waals surface area contributed by atoms with Crippen molar-refractivity contribution < 1.29 is 18.7 Å². The van der Waals surface area contributed by atoms with Crippen LogP contribution in [0.15, 0.2) is 42.9 Å². The van der Waals surface area contributed by atoms with Gasteiger partial charge in [0.2, 0.25) is 0 Å². The molecule has 5 heterocycles. The van der Waals surface area contributed by atoms with Gasteiger partial charge in [0.25, 0.3) is 5.95 Å². The topological polar surface area (TPSA) is 120 Å². The first-order chi connectivity index (χ1) is 23.4. The number of pyridine rings is 1. The highest BCUT2D eigenvalue weighted by Gasteiger charge is 2.51. The lowest BCUT2D eigenvalue weighted by atomic mass is 9.49. The van der Waals surface area contributed by atoms with Crippen LogP contribution < -0.4 is 15.0 Å². The molecule has 4 fully saturated rings. The number of nitrogens with one attached hydrogen (secondary N) is 1. The molecule has 0 unspecified atom stereocenters. The van der Waals surface area contributed by atoms with E-state index in [1.54, 1.807) is 11.1 Å². The number of aromatic nitrogens is 6. The first kappa shape index (κ1) is 29.5. The zero-order valence-electron chi connectivity index (χ0n) is 26.8. The van der Waals surface area contributed by atoms with Gasteiger partial charge >= 0.3 is 5.97 Å². The largest absolute Gasteiger partial charge is 0.487 e. The van der Waals surface area contributed by atoms with Crippen LogP contribution in [-0.4, -0.2) is 55.9 Å². The highest BCUT2D eigenvalue weighted by molar-refractivity contribution is 7.22. The quantitative estimate of drug-likeness (QED) is 0.181. The van der Waals surface area contributed by atoms with Crippen molar-refractivity contribution in [2.75, 3.05) is 30.5 Å². The summed E-state index contributed by atoms with van der Waals surface area (Å²) in [6.07, 6.45) is 13.0. The number of hydrogen-bond donors (Lipinski definition) is 1. The number of para-hydroxylation sites is 1. The molecule has 13 heteroatoms. The smallest absolute Gasteiger partial charge is 0.342 e. The van der Waals surface area contributed by atoms with E-state index >= 15 is 4.39 Å². The molecule has 246 valence electrons. The molecule has 0 amide bonds. The first-order valence-corrected chi connectivity index (χ1v) is 17.4. The van der Waals surface area contributed by atoms with E-state index in [2.05, 4.69) is 31.9 Å². The van der Waals surface area contributed by atoms with Crippen LogP contribution in [0.4, 0.5) is 27.0 Å². The van der Waals surface area contributed by atoms with Crippen LogP contribution in [-0.2, 0) is 11.3 Å². The van der Waals surface area contributed by atoms with E-state index in [0.29, 0.717) is 28.5 Å². The molecule has 4 aromatic heterocycles. The number of anilines is 4. The molecule has 0 atom stereocenters. The molecule has 5 aliphatic rings. The van der Waals surface area contributed by atoms with Crippen molar-refractivity contribution in [2.45, 2.75) is 52.0 Å². The van der Waals surface area contributed by atoms with Gasteiger partial charge in [0.15, 0.2) is 28.3 Å². The SMILES string of the molecule is COC(=O)c1c(-c2cnn(CC34CC5CC(CC(C5)C3)C4)c2C)cnc2c1OCCN2c1cnc(Nc2nc3ccccc3s2)c(F)n1. The third kappa shape index (κ3) is 4.89. The molecule has 0 saturated heterocycles. The Bertz CT molecular complexity index is 2010. The summed E-state index contributed by atoms with van der Waals surface area (Å²) in [5, 5.41) is 8.31. The van der Waals surface area contributed by atoms with Gasteiger partial charge in [-0.1, -0.05) is 23.5 Å². The van der Waals surface area contributed by atoms with Crippen LogP contribution in [0.2, 0.25) is 0 Å². The highest BCUT2D eigenvalue weighted by Crippen LogP contribution is 2.60. The van der Waals surface area contributed by atoms with Crippen LogP contribution in [0.3, 0.4) is 0 Å². The van der Waals surface area contributed by atoms with Crippen LogP contribution in [0.25, 0.3) is 21.3 Å². The molecule has 1 aromatic carbocycles. The molecule has 4 aliphatic carbocycles. The number of fused-ring (bicyclic) bond motifs is 2. The van der Waals surface area contributed by atoms with Crippen LogP contribution in [0, 0.1) is 36.0 Å². The Morgan fingerprint density at radius 3 is 2.56 bits per heavy atom. The van der Waals surface area contributed by atoms with Crippen molar-refractivity contribution in [1.82, 2.24) is 29.7 Å². The average molecular weight is 667 g/mol. The van der Waals surface area contributed by atoms with Crippen LogP contribution >= 0.6 is 11.3 Å². The fraction of sp³-hybridized carbons (Fsp3) is 0.429. The molecular weight excluding hydrogens is 632 g/mol. The van der Waals surface area contributed by atoms with E-state index in [4.69, 9.17) is 19.6 Å². The minimum Gasteiger partial charge on any atom is -0.487 e. The molecule has 1 N–H and O–H groups in total. The summed E-state index contributed by atoms with van der Waals surface area (Å²) in [6.45, 7) is 3.51. The minimum atomic E-state index is -0.785. The fourth-order valence-corrected chi connectivity index (χ4v) is 10.0. The van der Waals surface area contributed by atoms with Gasteiger partial charge in [-0.25, -0.2) is 19.7 Å². The molecule has 4 saturated carbocycles. The maximum atomic E-state index is 15.4. The number of hydrogen-bond acceptors (Lipinski definition) is 11. The number of carbonyl (C=O) groups excluding carboxylic acids is 1. The number of thiazole rings is 1. The van der Waals surface area contributed by atoms with E-state index in [-0.39, 0.29) is 29.6 Å². The minimum absolute atomic E-state index is 0.0362. The number of carbonyl (C=O) groups is 1. The lowest BCUT2D eigenvalue weighted by molar-refractivity contribution is -0.0638. The van der Waals surface area contributed by atoms with Gasteiger partial charge in [0, 0.05) is 29.6 Å². The standard InChI is InChI=1S/C35H35FN8O3S/c1-19-23(16-39-44(19)18-35-12-20-9-21(13-35)11-22(10-20)14-35)24-15-38-32-29(28(24)33(45)46-2)47-8-7-43(32)27-17-37-31(30(36)41-27)42-34-40-25-5-3-4-6-26(25)48-34/h3-6,15-17,20-22H,7-14,18H2,1-2H3,(H,37,40,42). The van der Waals surface area contributed by atoms with Crippen molar-refractivity contribution in [2.24, 2.45) is 23.2 Å². The van der Waals surface area contributed by atoms with Crippen molar-refractivity contribution in [3.8, 4) is 16.9 Å². The number of nitrogens with zero attached hydrogens (tertiary/aromatic N) is 7. The summed E-state index contributed by atoms with van der Waals surface area (Å²) in [7, 11) is 1.35. The fourth-order valence-electron chi connectivity index (χ4n) is 9.16. The average Bonchev–Trinajstić information content (AvgIpc) is 3.65. The maximum Gasteiger partial charge on any atom is 0.342 e. The number of benzene rings is 1. The summed E-state index contributed by atoms with van der Waals surface area (Å²) in [5.74, 6) is 2.03. The van der Waals surface area contributed by atoms with Gasteiger partial charge in [0.1, 0.15) is 12.2 Å². The monoisotopic (exact) mass is 666 g/mol. The summed E-state index contributed by atoms with van der Waals surface area (Å²) in [4.78, 5) is 32.9. The van der Waals surface area contributed by atoms with Gasteiger partial charge in [0.05, 0.1) is 36.3 Å². The Kier molecular flexibility index (Phi) is 6.89. The van der Waals surface area contributed by atoms with E-state index in [9.17, 15) is 4.79 Å². The van der Waals surface area contributed by atoms with Crippen molar-refractivity contribution >= 4 is 50.1 Å². The van der Waals surface area contributed by atoms with Gasteiger partial charge in [-0.2, -0.15) is 14.5 Å². The molecule has 4 bridgehead atoms. The van der Waals surface area contributed by atoms with Crippen molar-refractivity contribution in [3.63, 3.8) is 0 Å². The molecule has 0 radical (unpaired) electrons. The predicted octanol–water partition coefficient (Wildman–Crippen LogP) is 7.07. The maximum absolute atomic E-state index is 15.4. The summed E-state index contributed by atoms with van der Waals surface area (Å²) >= 11 is 1.40. The summed E-state index contributed by atoms with van der Waals surface area (Å²) in [6, 6.07) is 7.69.